The van der Waals surface area contributed by atoms with Gasteiger partial charge in [0.25, 0.3) is 0 Å². The number of hydrogen-bond donors (Lipinski definition) is 1. The quantitative estimate of drug-likeness (QED) is 0.908. The molecule has 1 aliphatic rings. The minimum Gasteiger partial charge on any atom is -0.480 e. The first-order valence-electron chi connectivity index (χ1n) is 8.23. The summed E-state index contributed by atoms with van der Waals surface area (Å²) in [4.78, 5) is 18.4. The Labute approximate surface area is 147 Å². The van der Waals surface area contributed by atoms with Gasteiger partial charge in [0.15, 0.2) is 0 Å². The molecule has 1 aromatic heterocycles. The smallest absolute Gasteiger partial charge is 0.320 e. The predicted molar refractivity (Wildman–Crippen MR) is 94.2 cm³/mol. The van der Waals surface area contributed by atoms with Crippen LogP contribution in [0.1, 0.15) is 42.1 Å². The number of carboxylic acids is 1. The standard InChI is InChI=1S/C19H21ClN2O2/c1-13-5-10-16(21-12-13)18(14-6-8-15(20)9-7-14)22-11-3-2-4-17(22)19(23)24/h5-10,12,17-18H,2-4,11H2,1H3,(H,23,24). The number of carbonyl (C=O) groups is 1. The molecule has 4 nitrogen and oxygen atoms in total. The van der Waals surface area contributed by atoms with Crippen molar-refractivity contribution in [2.45, 2.75) is 38.3 Å². The van der Waals surface area contributed by atoms with E-state index >= 15 is 0 Å². The maximum absolute atomic E-state index is 11.8. The molecule has 0 amide bonds. The van der Waals surface area contributed by atoms with Crippen molar-refractivity contribution in [1.82, 2.24) is 9.88 Å². The summed E-state index contributed by atoms with van der Waals surface area (Å²) in [6.45, 7) is 2.74. The topological polar surface area (TPSA) is 53.4 Å². The summed E-state index contributed by atoms with van der Waals surface area (Å²) in [6.07, 6.45) is 4.45. The van der Waals surface area contributed by atoms with Gasteiger partial charge in [-0.05, 0) is 55.6 Å². The average molecular weight is 345 g/mol. The van der Waals surface area contributed by atoms with Gasteiger partial charge in [-0.15, -0.1) is 0 Å². The average Bonchev–Trinajstić information content (AvgIpc) is 2.59. The summed E-state index contributed by atoms with van der Waals surface area (Å²) in [7, 11) is 0. The van der Waals surface area contributed by atoms with Crippen LogP contribution in [0.2, 0.25) is 5.02 Å². The van der Waals surface area contributed by atoms with Gasteiger partial charge in [-0.3, -0.25) is 14.7 Å². The normalized spacial score (nSPS) is 19.8. The van der Waals surface area contributed by atoms with Gasteiger partial charge in [0, 0.05) is 11.2 Å². The van der Waals surface area contributed by atoms with Gasteiger partial charge in [0.2, 0.25) is 0 Å². The van der Waals surface area contributed by atoms with Gasteiger partial charge >= 0.3 is 5.97 Å². The molecular weight excluding hydrogens is 324 g/mol. The van der Waals surface area contributed by atoms with Crippen molar-refractivity contribution in [2.24, 2.45) is 0 Å². The number of pyridine rings is 1. The summed E-state index contributed by atoms with van der Waals surface area (Å²) in [5.41, 5.74) is 2.97. The monoisotopic (exact) mass is 344 g/mol. The molecule has 1 saturated heterocycles. The van der Waals surface area contributed by atoms with E-state index in [4.69, 9.17) is 11.6 Å². The fraction of sp³-hybridized carbons (Fsp3) is 0.368. The molecule has 2 aromatic rings. The highest BCUT2D eigenvalue weighted by Crippen LogP contribution is 2.33. The molecule has 1 fully saturated rings. The molecular formula is C19H21ClN2O2. The zero-order valence-electron chi connectivity index (χ0n) is 13.7. The lowest BCUT2D eigenvalue weighted by Crippen LogP contribution is -2.47. The van der Waals surface area contributed by atoms with Gasteiger partial charge in [-0.1, -0.05) is 36.2 Å². The first-order chi connectivity index (χ1) is 11.6. The third kappa shape index (κ3) is 3.60. The molecule has 1 aliphatic heterocycles. The molecule has 2 unspecified atom stereocenters. The summed E-state index contributed by atoms with van der Waals surface area (Å²) < 4.78 is 0. The first kappa shape index (κ1) is 16.9. The summed E-state index contributed by atoms with van der Waals surface area (Å²) in [5.74, 6) is -0.763. The van der Waals surface area contributed by atoms with Gasteiger partial charge in [0.1, 0.15) is 6.04 Å². The number of hydrogen-bond acceptors (Lipinski definition) is 3. The summed E-state index contributed by atoms with van der Waals surface area (Å²) >= 11 is 6.02. The highest BCUT2D eigenvalue weighted by molar-refractivity contribution is 6.30. The molecule has 2 atom stereocenters. The van der Waals surface area contributed by atoms with E-state index in [1.54, 1.807) is 0 Å². The maximum atomic E-state index is 11.8. The lowest BCUT2D eigenvalue weighted by molar-refractivity contribution is -0.145. The van der Waals surface area contributed by atoms with Crippen molar-refractivity contribution in [2.75, 3.05) is 6.54 Å². The van der Waals surface area contributed by atoms with Crippen LogP contribution in [-0.2, 0) is 4.79 Å². The molecule has 5 heteroatoms. The molecule has 1 aromatic carbocycles. The summed E-state index contributed by atoms with van der Waals surface area (Å²) in [5, 5.41) is 10.3. The molecule has 0 spiro atoms. The van der Waals surface area contributed by atoms with Crippen LogP contribution in [0.15, 0.2) is 42.6 Å². The maximum Gasteiger partial charge on any atom is 0.320 e. The van der Waals surface area contributed by atoms with E-state index in [-0.39, 0.29) is 6.04 Å². The number of aliphatic carboxylic acids is 1. The third-order valence-corrected chi connectivity index (χ3v) is 4.81. The van der Waals surface area contributed by atoms with Crippen molar-refractivity contribution in [3.05, 3.63) is 64.4 Å². The van der Waals surface area contributed by atoms with E-state index in [0.717, 1.165) is 36.2 Å². The molecule has 0 radical (unpaired) electrons. The third-order valence-electron chi connectivity index (χ3n) is 4.56. The van der Waals surface area contributed by atoms with Gasteiger partial charge in [0.05, 0.1) is 11.7 Å². The van der Waals surface area contributed by atoms with E-state index in [2.05, 4.69) is 9.88 Å². The molecule has 0 bridgehead atoms. The van der Waals surface area contributed by atoms with Crippen LogP contribution in [0.4, 0.5) is 0 Å². The Morgan fingerprint density at radius 3 is 2.62 bits per heavy atom. The van der Waals surface area contributed by atoms with Crippen molar-refractivity contribution in [1.29, 1.82) is 0 Å². The molecule has 24 heavy (non-hydrogen) atoms. The van der Waals surface area contributed by atoms with E-state index in [0.29, 0.717) is 11.4 Å². The van der Waals surface area contributed by atoms with E-state index in [1.807, 2.05) is 49.5 Å². The van der Waals surface area contributed by atoms with Crippen LogP contribution in [0.25, 0.3) is 0 Å². The Kier molecular flexibility index (Phi) is 5.17. The highest BCUT2D eigenvalue weighted by atomic mass is 35.5. The molecule has 126 valence electrons. The largest absolute Gasteiger partial charge is 0.480 e. The van der Waals surface area contributed by atoms with E-state index in [9.17, 15) is 9.90 Å². The van der Waals surface area contributed by atoms with Crippen LogP contribution in [-0.4, -0.2) is 33.5 Å². The molecule has 1 N–H and O–H groups in total. The first-order valence-corrected chi connectivity index (χ1v) is 8.60. The van der Waals surface area contributed by atoms with Crippen LogP contribution >= 0.6 is 11.6 Å². The number of nitrogens with zero attached hydrogens (tertiary/aromatic N) is 2. The minimum absolute atomic E-state index is 0.177. The number of aryl methyl sites for hydroxylation is 1. The van der Waals surface area contributed by atoms with Crippen LogP contribution in [0.5, 0.6) is 0 Å². The molecule has 0 aliphatic carbocycles. The fourth-order valence-electron chi connectivity index (χ4n) is 3.35. The van der Waals surface area contributed by atoms with Crippen molar-refractivity contribution in [3.63, 3.8) is 0 Å². The Morgan fingerprint density at radius 2 is 2.00 bits per heavy atom. The van der Waals surface area contributed by atoms with Crippen LogP contribution < -0.4 is 0 Å². The van der Waals surface area contributed by atoms with Gasteiger partial charge < -0.3 is 5.11 Å². The van der Waals surface area contributed by atoms with Crippen molar-refractivity contribution < 1.29 is 9.90 Å². The number of aromatic nitrogens is 1. The number of likely N-dealkylation sites (tertiary alicyclic amines) is 1. The predicted octanol–water partition coefficient (Wildman–Crippen LogP) is 4.07. The lowest BCUT2D eigenvalue weighted by atomic mass is 9.94. The molecule has 3 rings (SSSR count). The van der Waals surface area contributed by atoms with Gasteiger partial charge in [-0.25, -0.2) is 0 Å². The van der Waals surface area contributed by atoms with E-state index < -0.39 is 12.0 Å². The molecule has 0 saturated carbocycles. The SMILES string of the molecule is Cc1ccc(C(c2ccc(Cl)cc2)N2CCCCC2C(=O)O)nc1. The second-order valence-electron chi connectivity index (χ2n) is 6.30. The Hall–Kier alpha value is -1.91. The fourth-order valence-corrected chi connectivity index (χ4v) is 3.47. The highest BCUT2D eigenvalue weighted by Gasteiger charge is 2.35. The zero-order valence-corrected chi connectivity index (χ0v) is 14.4. The van der Waals surface area contributed by atoms with Crippen LogP contribution in [0, 0.1) is 6.92 Å². The second kappa shape index (κ2) is 7.32. The van der Waals surface area contributed by atoms with Crippen molar-refractivity contribution >= 4 is 17.6 Å². The number of halogens is 1. The number of rotatable bonds is 4. The number of piperidine rings is 1. The Bertz CT molecular complexity index is 655. The zero-order chi connectivity index (χ0) is 17.1. The van der Waals surface area contributed by atoms with Crippen LogP contribution in [0.3, 0.4) is 0 Å². The lowest BCUT2D eigenvalue weighted by Gasteiger charge is -2.39. The number of benzene rings is 1. The number of carboxylic acid groups (broad SMARTS) is 1. The van der Waals surface area contributed by atoms with E-state index in [1.165, 1.54) is 0 Å². The van der Waals surface area contributed by atoms with Gasteiger partial charge in [-0.2, -0.15) is 0 Å². The Morgan fingerprint density at radius 1 is 1.25 bits per heavy atom. The van der Waals surface area contributed by atoms with Crippen molar-refractivity contribution in [3.8, 4) is 0 Å². The second-order valence-corrected chi connectivity index (χ2v) is 6.74. The minimum atomic E-state index is -0.763. The Balaban J connectivity index is 2.05. The summed E-state index contributed by atoms with van der Waals surface area (Å²) in [6, 6.07) is 11.0. The molecule has 2 heterocycles.